The van der Waals surface area contributed by atoms with Gasteiger partial charge in [-0.15, -0.1) is 0 Å². The summed E-state index contributed by atoms with van der Waals surface area (Å²) < 4.78 is 5.35. The summed E-state index contributed by atoms with van der Waals surface area (Å²) in [6.07, 6.45) is 0. The number of hydrogen-bond donors (Lipinski definition) is 2. The lowest BCUT2D eigenvalue weighted by atomic mass is 10.1. The van der Waals surface area contributed by atoms with Crippen LogP contribution in [0.25, 0.3) is 0 Å². The van der Waals surface area contributed by atoms with Crippen LogP contribution in [0.1, 0.15) is 34.4 Å². The number of rotatable bonds is 7. The number of amides is 2. The van der Waals surface area contributed by atoms with E-state index in [-0.39, 0.29) is 18.4 Å². The molecule has 2 heterocycles. The number of carbonyl (C=O) groups is 2. The number of carbonyl (C=O) groups excluding carboxylic acids is 2. The minimum Gasteiger partial charge on any atom is -0.466 e. The van der Waals surface area contributed by atoms with Gasteiger partial charge in [-0.05, 0) is 44.2 Å². The molecule has 7 nitrogen and oxygen atoms in total. The molecule has 1 aliphatic rings. The Morgan fingerprint density at radius 2 is 1.69 bits per heavy atom. The summed E-state index contributed by atoms with van der Waals surface area (Å²) in [5, 5.41) is 5.44. The van der Waals surface area contributed by atoms with Crippen LogP contribution in [0.5, 0.6) is 0 Å². The monoisotopic (exact) mass is 398 g/mol. The lowest BCUT2D eigenvalue weighted by Gasteiger charge is -2.34. The molecule has 0 radical (unpaired) electrons. The van der Waals surface area contributed by atoms with Gasteiger partial charge in [-0.25, -0.2) is 0 Å². The molecule has 0 bridgehead atoms. The quantitative estimate of drug-likeness (QED) is 0.749. The summed E-state index contributed by atoms with van der Waals surface area (Å²) in [7, 11) is 0. The van der Waals surface area contributed by atoms with Crippen molar-refractivity contribution in [3.05, 3.63) is 53.0 Å². The van der Waals surface area contributed by atoms with Crippen molar-refractivity contribution in [2.24, 2.45) is 0 Å². The van der Waals surface area contributed by atoms with Gasteiger partial charge in [-0.2, -0.15) is 0 Å². The number of anilines is 1. The zero-order valence-electron chi connectivity index (χ0n) is 17.5. The molecular weight excluding hydrogens is 368 g/mol. The molecule has 2 aromatic rings. The molecule has 0 saturated carbocycles. The van der Waals surface area contributed by atoms with Crippen molar-refractivity contribution in [1.82, 2.24) is 15.1 Å². The predicted molar refractivity (Wildman–Crippen MR) is 113 cm³/mol. The fraction of sp³-hybridized carbons (Fsp3) is 0.455. The molecule has 3 rings (SSSR count). The average molecular weight is 399 g/mol. The fourth-order valence-corrected chi connectivity index (χ4v) is 3.53. The molecule has 1 aromatic carbocycles. The van der Waals surface area contributed by atoms with Crippen molar-refractivity contribution >= 4 is 17.5 Å². The number of nitrogens with one attached hydrogen (secondary N) is 2. The van der Waals surface area contributed by atoms with Crippen molar-refractivity contribution in [3.8, 4) is 0 Å². The second-order valence-corrected chi connectivity index (χ2v) is 7.47. The van der Waals surface area contributed by atoms with Gasteiger partial charge in [-0.3, -0.25) is 14.5 Å². The molecule has 7 heteroatoms. The largest absolute Gasteiger partial charge is 0.466 e. The Kier molecular flexibility index (Phi) is 7.06. The lowest BCUT2D eigenvalue weighted by molar-refractivity contribution is -0.115. The molecule has 2 N–H and O–H groups in total. The van der Waals surface area contributed by atoms with Crippen molar-refractivity contribution < 1.29 is 14.0 Å². The van der Waals surface area contributed by atoms with Crippen LogP contribution in [0.15, 0.2) is 34.7 Å². The van der Waals surface area contributed by atoms with E-state index < -0.39 is 0 Å². The number of piperazine rings is 1. The lowest BCUT2D eigenvalue weighted by Crippen LogP contribution is -2.45. The van der Waals surface area contributed by atoms with Gasteiger partial charge in [0.1, 0.15) is 11.5 Å². The van der Waals surface area contributed by atoms with E-state index in [1.165, 1.54) is 5.56 Å². The van der Waals surface area contributed by atoms with Crippen LogP contribution >= 0.6 is 0 Å². The van der Waals surface area contributed by atoms with Gasteiger partial charge >= 0.3 is 0 Å². The second kappa shape index (κ2) is 9.71. The zero-order valence-corrected chi connectivity index (χ0v) is 17.5. The van der Waals surface area contributed by atoms with Gasteiger partial charge in [0.15, 0.2) is 0 Å². The van der Waals surface area contributed by atoms with Crippen LogP contribution < -0.4 is 10.6 Å². The van der Waals surface area contributed by atoms with E-state index in [0.717, 1.165) is 45.0 Å². The number of furan rings is 1. The first-order valence-electron chi connectivity index (χ1n) is 10.1. The summed E-state index contributed by atoms with van der Waals surface area (Å²) in [5.41, 5.74) is 2.41. The van der Waals surface area contributed by atoms with Crippen LogP contribution in [0.4, 0.5) is 5.69 Å². The second-order valence-electron chi connectivity index (χ2n) is 7.47. The number of likely N-dealkylation sites (N-methyl/N-ethyl adjacent to an activating group) is 1. The predicted octanol–water partition coefficient (Wildman–Crippen LogP) is 2.40. The first-order chi connectivity index (χ1) is 13.9. The molecule has 1 aromatic heterocycles. The number of benzene rings is 1. The molecule has 1 saturated heterocycles. The van der Waals surface area contributed by atoms with Crippen LogP contribution in [-0.2, 0) is 11.3 Å². The Balaban J connectivity index is 1.44. The maximum atomic E-state index is 12.2. The first kappa shape index (κ1) is 21.1. The van der Waals surface area contributed by atoms with E-state index in [0.29, 0.717) is 17.1 Å². The molecule has 0 aliphatic carbocycles. The van der Waals surface area contributed by atoms with Crippen LogP contribution in [0.3, 0.4) is 0 Å². The van der Waals surface area contributed by atoms with Crippen LogP contribution in [0.2, 0.25) is 0 Å². The zero-order chi connectivity index (χ0) is 20.8. The smallest absolute Gasteiger partial charge is 0.255 e. The number of aryl methyl sites for hydroxylation is 2. The van der Waals surface area contributed by atoms with Crippen LogP contribution in [0, 0.1) is 13.8 Å². The topological polar surface area (TPSA) is 77.8 Å². The summed E-state index contributed by atoms with van der Waals surface area (Å²) >= 11 is 0. The standard InChI is InChI=1S/C22H30N4O3/c1-4-25-9-11-26(12-10-25)15-18-5-7-19(8-6-18)24-21(27)14-23-22(28)20-13-16(2)29-17(20)3/h5-8,13H,4,9-12,14-15H2,1-3H3,(H,23,28)(H,24,27). The van der Waals surface area contributed by atoms with E-state index in [4.69, 9.17) is 4.42 Å². The van der Waals surface area contributed by atoms with Gasteiger partial charge in [-0.1, -0.05) is 19.1 Å². The van der Waals surface area contributed by atoms with Gasteiger partial charge in [0.2, 0.25) is 5.91 Å². The molecular formula is C22H30N4O3. The molecule has 29 heavy (non-hydrogen) atoms. The van der Waals surface area contributed by atoms with Crippen molar-refractivity contribution in [2.75, 3.05) is 44.6 Å². The van der Waals surface area contributed by atoms with Crippen molar-refractivity contribution in [2.45, 2.75) is 27.3 Å². The Morgan fingerprint density at radius 1 is 1.03 bits per heavy atom. The van der Waals surface area contributed by atoms with Gasteiger partial charge in [0, 0.05) is 38.4 Å². The minimum atomic E-state index is -0.312. The SMILES string of the molecule is CCN1CCN(Cc2ccc(NC(=O)CNC(=O)c3cc(C)oc3C)cc2)CC1. The van der Waals surface area contributed by atoms with Crippen LogP contribution in [-0.4, -0.2) is 60.9 Å². The van der Waals surface area contributed by atoms with E-state index in [2.05, 4.69) is 27.4 Å². The minimum absolute atomic E-state index is 0.0913. The average Bonchev–Trinajstić information content (AvgIpc) is 3.06. The van der Waals surface area contributed by atoms with Crippen molar-refractivity contribution in [3.63, 3.8) is 0 Å². The Bertz CT molecular complexity index is 836. The van der Waals surface area contributed by atoms with Crippen molar-refractivity contribution in [1.29, 1.82) is 0 Å². The fourth-order valence-electron chi connectivity index (χ4n) is 3.53. The Hall–Kier alpha value is -2.64. The number of nitrogens with zero attached hydrogens (tertiary/aromatic N) is 2. The first-order valence-corrected chi connectivity index (χ1v) is 10.1. The molecule has 1 aliphatic heterocycles. The maximum absolute atomic E-state index is 12.2. The van der Waals surface area contributed by atoms with Gasteiger partial charge in [0.25, 0.3) is 5.91 Å². The van der Waals surface area contributed by atoms with E-state index in [9.17, 15) is 9.59 Å². The molecule has 0 spiro atoms. The third kappa shape index (κ3) is 5.92. The highest BCUT2D eigenvalue weighted by Gasteiger charge is 2.16. The molecule has 0 atom stereocenters. The normalized spacial score (nSPS) is 15.3. The van der Waals surface area contributed by atoms with E-state index in [1.54, 1.807) is 19.9 Å². The molecule has 0 unspecified atom stereocenters. The van der Waals surface area contributed by atoms with E-state index in [1.807, 2.05) is 24.3 Å². The highest BCUT2D eigenvalue weighted by atomic mass is 16.3. The summed E-state index contributed by atoms with van der Waals surface area (Å²) in [5.74, 6) is 0.643. The van der Waals surface area contributed by atoms with E-state index >= 15 is 0 Å². The third-order valence-electron chi connectivity index (χ3n) is 5.25. The Labute approximate surface area is 172 Å². The Morgan fingerprint density at radius 3 is 2.28 bits per heavy atom. The summed E-state index contributed by atoms with van der Waals surface area (Å²) in [6, 6.07) is 9.56. The highest BCUT2D eigenvalue weighted by Crippen LogP contribution is 2.14. The summed E-state index contributed by atoms with van der Waals surface area (Å²) in [6.45, 7) is 12.1. The number of hydrogen-bond acceptors (Lipinski definition) is 5. The molecule has 1 fully saturated rings. The maximum Gasteiger partial charge on any atom is 0.255 e. The molecule has 2 amide bonds. The summed E-state index contributed by atoms with van der Waals surface area (Å²) in [4.78, 5) is 29.2. The highest BCUT2D eigenvalue weighted by molar-refractivity contribution is 5.99. The van der Waals surface area contributed by atoms with Gasteiger partial charge < -0.3 is 20.0 Å². The van der Waals surface area contributed by atoms with Gasteiger partial charge in [0.05, 0.1) is 12.1 Å². The third-order valence-corrected chi connectivity index (χ3v) is 5.25. The molecule has 156 valence electrons.